The van der Waals surface area contributed by atoms with Gasteiger partial charge in [0.05, 0.1) is 22.8 Å². The molecule has 3 aromatic carbocycles. The molecule has 4 nitrogen and oxygen atoms in total. The van der Waals surface area contributed by atoms with E-state index < -0.39 is 0 Å². The summed E-state index contributed by atoms with van der Waals surface area (Å²) in [4.78, 5) is 18.4. The third-order valence-corrected chi connectivity index (χ3v) is 5.39. The number of nitrogens with one attached hydrogen (secondary N) is 1. The van der Waals surface area contributed by atoms with Crippen LogP contribution < -0.4 is 11.1 Å². The van der Waals surface area contributed by atoms with Crippen LogP contribution in [0.5, 0.6) is 0 Å². The number of pyridine rings is 1. The van der Waals surface area contributed by atoms with Crippen LogP contribution in [-0.2, 0) is 6.54 Å². The van der Waals surface area contributed by atoms with Crippen molar-refractivity contribution in [1.29, 1.82) is 0 Å². The number of benzene rings is 3. The first kappa shape index (κ1) is 19.8. The molecule has 1 unspecified atom stereocenters. The molecule has 0 aliphatic heterocycles. The van der Waals surface area contributed by atoms with E-state index in [1.807, 2.05) is 84.9 Å². The molecule has 0 aliphatic carbocycles. The number of nitrogens with two attached hydrogens (primary N) is 1. The number of aromatic nitrogens is 1. The van der Waals surface area contributed by atoms with Gasteiger partial charge in [-0.25, -0.2) is 4.98 Å². The van der Waals surface area contributed by atoms with Crippen LogP contribution in [0.3, 0.4) is 0 Å². The zero-order valence-corrected chi connectivity index (χ0v) is 17.0. The summed E-state index contributed by atoms with van der Waals surface area (Å²) < 4.78 is 0. The number of hydrogen-bond donors (Lipinski definition) is 2. The Morgan fingerprint density at radius 3 is 2.23 bits per heavy atom. The molecule has 4 rings (SSSR count). The number of nitrogens with zero attached hydrogens (tertiary/aromatic N) is 1. The quantitative estimate of drug-likeness (QED) is 0.469. The van der Waals surface area contributed by atoms with E-state index in [4.69, 9.17) is 10.7 Å². The number of carbonyl (C=O) groups excluding carboxylic acids is 1. The summed E-state index contributed by atoms with van der Waals surface area (Å²) in [5, 5.41) is 4.04. The summed E-state index contributed by atoms with van der Waals surface area (Å²) in [6.07, 6.45) is 0.794. The molecule has 0 bridgehead atoms. The lowest BCUT2D eigenvalue weighted by Gasteiger charge is -2.21. The van der Waals surface area contributed by atoms with Gasteiger partial charge < -0.3 is 11.1 Å². The van der Waals surface area contributed by atoms with Crippen LogP contribution in [0.25, 0.3) is 22.2 Å². The zero-order valence-electron chi connectivity index (χ0n) is 17.0. The molecule has 0 saturated carbocycles. The Morgan fingerprint density at radius 2 is 1.57 bits per heavy atom. The number of fused-ring (bicyclic) bond motifs is 1. The average Bonchev–Trinajstić information content (AvgIpc) is 2.82. The molecule has 1 aromatic heterocycles. The number of rotatable bonds is 6. The fourth-order valence-corrected chi connectivity index (χ4v) is 3.88. The molecule has 0 fully saturated rings. The Bertz CT molecular complexity index is 1160. The van der Waals surface area contributed by atoms with Crippen LogP contribution in [0, 0.1) is 0 Å². The van der Waals surface area contributed by atoms with Gasteiger partial charge in [-0.05, 0) is 18.1 Å². The van der Waals surface area contributed by atoms with E-state index in [0.717, 1.165) is 39.7 Å². The number of hydrogen-bond acceptors (Lipinski definition) is 3. The van der Waals surface area contributed by atoms with Crippen LogP contribution >= 0.6 is 0 Å². The van der Waals surface area contributed by atoms with E-state index >= 15 is 0 Å². The molecule has 1 amide bonds. The van der Waals surface area contributed by atoms with Gasteiger partial charge in [0.2, 0.25) is 0 Å². The highest BCUT2D eigenvalue weighted by Crippen LogP contribution is 2.30. The lowest BCUT2D eigenvalue weighted by Crippen LogP contribution is -2.30. The van der Waals surface area contributed by atoms with Gasteiger partial charge in [-0.3, -0.25) is 4.79 Å². The summed E-state index contributed by atoms with van der Waals surface area (Å²) in [6, 6.07) is 27.6. The first-order valence-corrected chi connectivity index (χ1v) is 10.3. The molecule has 30 heavy (non-hydrogen) atoms. The van der Waals surface area contributed by atoms with Gasteiger partial charge in [-0.1, -0.05) is 85.8 Å². The van der Waals surface area contributed by atoms with Gasteiger partial charge in [-0.15, -0.1) is 0 Å². The molecule has 4 heteroatoms. The fraction of sp³-hybridized carbons (Fsp3) is 0.154. The van der Waals surface area contributed by atoms with Crippen molar-refractivity contribution in [3.63, 3.8) is 0 Å². The summed E-state index contributed by atoms with van der Waals surface area (Å²) >= 11 is 0. The van der Waals surface area contributed by atoms with Crippen LogP contribution in [-0.4, -0.2) is 10.9 Å². The first-order chi connectivity index (χ1) is 14.7. The maximum Gasteiger partial charge on any atom is 0.252 e. The minimum atomic E-state index is -0.123. The summed E-state index contributed by atoms with van der Waals surface area (Å²) in [5.41, 5.74) is 11.1. The SMILES string of the molecule is CCC(NC(=O)c1c(CN)c(-c2ccccc2)nc2ccccc12)c1ccccc1. The molecule has 4 aromatic rings. The molecule has 0 spiro atoms. The zero-order chi connectivity index (χ0) is 20.9. The molecule has 0 aliphatic rings. The van der Waals surface area contributed by atoms with Gasteiger partial charge in [0.15, 0.2) is 0 Å². The summed E-state index contributed by atoms with van der Waals surface area (Å²) in [5.74, 6) is -0.123. The molecule has 1 atom stereocenters. The predicted molar refractivity (Wildman–Crippen MR) is 122 cm³/mol. The lowest BCUT2D eigenvalue weighted by molar-refractivity contribution is 0.0936. The Balaban J connectivity index is 1.85. The Labute approximate surface area is 176 Å². The molecule has 0 saturated heterocycles. The minimum absolute atomic E-state index is 0.0728. The smallest absolute Gasteiger partial charge is 0.252 e. The van der Waals surface area contributed by atoms with Crippen LogP contribution in [0.4, 0.5) is 0 Å². The Morgan fingerprint density at radius 1 is 0.933 bits per heavy atom. The van der Waals surface area contributed by atoms with Gasteiger partial charge in [-0.2, -0.15) is 0 Å². The Kier molecular flexibility index (Phi) is 5.87. The van der Waals surface area contributed by atoms with Gasteiger partial charge in [0, 0.05) is 23.1 Å². The van der Waals surface area contributed by atoms with Crippen molar-refractivity contribution in [2.75, 3.05) is 0 Å². The summed E-state index contributed by atoms with van der Waals surface area (Å²) in [7, 11) is 0. The second kappa shape index (κ2) is 8.89. The predicted octanol–water partition coefficient (Wildman–Crippen LogP) is 5.24. The van der Waals surface area contributed by atoms with E-state index in [-0.39, 0.29) is 18.5 Å². The van der Waals surface area contributed by atoms with E-state index in [0.29, 0.717) is 5.56 Å². The Hall–Kier alpha value is -3.50. The summed E-state index contributed by atoms with van der Waals surface area (Å²) in [6.45, 7) is 2.30. The lowest BCUT2D eigenvalue weighted by atomic mass is 9.95. The van der Waals surface area contributed by atoms with E-state index in [2.05, 4.69) is 12.2 Å². The maximum atomic E-state index is 13.6. The third kappa shape index (κ3) is 3.82. The van der Waals surface area contributed by atoms with Crippen molar-refractivity contribution in [2.24, 2.45) is 5.73 Å². The van der Waals surface area contributed by atoms with Crippen molar-refractivity contribution in [1.82, 2.24) is 10.3 Å². The van der Waals surface area contributed by atoms with E-state index in [1.54, 1.807) is 0 Å². The first-order valence-electron chi connectivity index (χ1n) is 10.3. The fourth-order valence-electron chi connectivity index (χ4n) is 3.88. The second-order valence-corrected chi connectivity index (χ2v) is 7.25. The molecular formula is C26H25N3O. The van der Waals surface area contributed by atoms with Crippen molar-refractivity contribution in [3.05, 3.63) is 102 Å². The molecule has 150 valence electrons. The third-order valence-electron chi connectivity index (χ3n) is 5.39. The normalized spacial score (nSPS) is 11.9. The highest BCUT2D eigenvalue weighted by molar-refractivity contribution is 6.09. The van der Waals surface area contributed by atoms with Crippen LogP contribution in [0.15, 0.2) is 84.9 Å². The van der Waals surface area contributed by atoms with Crippen molar-refractivity contribution >= 4 is 16.8 Å². The number of para-hydroxylation sites is 1. The number of carbonyl (C=O) groups is 1. The molecule has 3 N–H and O–H groups in total. The largest absolute Gasteiger partial charge is 0.345 e. The van der Waals surface area contributed by atoms with Crippen molar-refractivity contribution in [2.45, 2.75) is 25.9 Å². The topological polar surface area (TPSA) is 68.0 Å². The van der Waals surface area contributed by atoms with Crippen molar-refractivity contribution in [3.8, 4) is 11.3 Å². The monoisotopic (exact) mass is 395 g/mol. The van der Waals surface area contributed by atoms with Gasteiger partial charge >= 0.3 is 0 Å². The van der Waals surface area contributed by atoms with E-state index in [1.165, 1.54) is 0 Å². The van der Waals surface area contributed by atoms with Crippen LogP contribution in [0.2, 0.25) is 0 Å². The molecule has 1 heterocycles. The highest BCUT2D eigenvalue weighted by atomic mass is 16.1. The number of amides is 1. The van der Waals surface area contributed by atoms with Gasteiger partial charge in [0.25, 0.3) is 5.91 Å². The average molecular weight is 396 g/mol. The van der Waals surface area contributed by atoms with Crippen LogP contribution in [0.1, 0.15) is 40.9 Å². The second-order valence-electron chi connectivity index (χ2n) is 7.25. The standard InChI is InChI=1S/C26H25N3O/c1-2-22(18-11-5-3-6-12-18)29-26(30)24-20-15-9-10-16-23(20)28-25(21(24)17-27)19-13-7-4-8-14-19/h3-16,22H,2,17,27H2,1H3,(H,29,30). The van der Waals surface area contributed by atoms with E-state index in [9.17, 15) is 4.79 Å². The molecular weight excluding hydrogens is 370 g/mol. The van der Waals surface area contributed by atoms with Gasteiger partial charge in [0.1, 0.15) is 0 Å². The van der Waals surface area contributed by atoms with Crippen molar-refractivity contribution < 1.29 is 4.79 Å². The maximum absolute atomic E-state index is 13.6. The molecule has 0 radical (unpaired) electrons. The highest BCUT2D eigenvalue weighted by Gasteiger charge is 2.22. The minimum Gasteiger partial charge on any atom is -0.345 e.